The second-order valence-corrected chi connectivity index (χ2v) is 5.30. The van der Waals surface area contributed by atoms with E-state index in [4.69, 9.17) is 4.74 Å². The third kappa shape index (κ3) is 4.91. The lowest BCUT2D eigenvalue weighted by Crippen LogP contribution is -2.26. The maximum absolute atomic E-state index is 11.7. The molecule has 0 bridgehead atoms. The summed E-state index contributed by atoms with van der Waals surface area (Å²) in [6, 6.07) is 5.95. The molecule has 0 unspecified atom stereocenters. The molecule has 5 heteroatoms. The minimum Gasteiger partial charge on any atom is -0.493 e. The van der Waals surface area contributed by atoms with Crippen LogP contribution >= 0.6 is 0 Å². The summed E-state index contributed by atoms with van der Waals surface area (Å²) >= 11 is 0. The maximum atomic E-state index is 11.7. The zero-order chi connectivity index (χ0) is 15.8. The lowest BCUT2D eigenvalue weighted by Gasteiger charge is -2.11. The molecule has 1 aromatic heterocycles. The molecule has 1 heterocycles. The molecular weight excluding hydrogens is 278 g/mol. The van der Waals surface area contributed by atoms with Crippen LogP contribution in [0.1, 0.15) is 24.0 Å². The highest BCUT2D eigenvalue weighted by Crippen LogP contribution is 2.20. The van der Waals surface area contributed by atoms with Gasteiger partial charge in [0.15, 0.2) is 0 Å². The van der Waals surface area contributed by atoms with Gasteiger partial charge in [0.05, 0.1) is 19.4 Å². The number of imidazole rings is 1. The van der Waals surface area contributed by atoms with Crippen molar-refractivity contribution in [1.82, 2.24) is 14.9 Å². The van der Waals surface area contributed by atoms with Crippen LogP contribution < -0.4 is 10.1 Å². The van der Waals surface area contributed by atoms with Crippen LogP contribution in [0.25, 0.3) is 0 Å². The van der Waals surface area contributed by atoms with Crippen LogP contribution in [0.2, 0.25) is 0 Å². The molecule has 2 rings (SSSR count). The minimum absolute atomic E-state index is 0.0240. The molecule has 0 aliphatic rings. The number of benzene rings is 1. The fraction of sp³-hybridized carbons (Fsp3) is 0.412. The van der Waals surface area contributed by atoms with Gasteiger partial charge in [0.25, 0.3) is 0 Å². The smallest absolute Gasteiger partial charge is 0.223 e. The number of amides is 1. The summed E-state index contributed by atoms with van der Waals surface area (Å²) < 4.78 is 7.68. The Kier molecular flexibility index (Phi) is 6.01. The van der Waals surface area contributed by atoms with Gasteiger partial charge in [-0.05, 0) is 37.5 Å². The van der Waals surface area contributed by atoms with Crippen molar-refractivity contribution in [1.29, 1.82) is 0 Å². The monoisotopic (exact) mass is 301 g/mol. The van der Waals surface area contributed by atoms with E-state index in [1.54, 1.807) is 12.5 Å². The summed E-state index contributed by atoms with van der Waals surface area (Å²) in [5.74, 6) is 0.879. The van der Waals surface area contributed by atoms with Gasteiger partial charge >= 0.3 is 0 Å². The highest BCUT2D eigenvalue weighted by atomic mass is 16.5. The molecule has 0 saturated heterocycles. The number of aromatic nitrogens is 2. The molecule has 1 aromatic carbocycles. The van der Waals surface area contributed by atoms with E-state index in [1.165, 1.54) is 5.56 Å². The Bertz CT molecular complexity index is 594. The Balaban J connectivity index is 1.60. The number of carbonyl (C=O) groups excluding carboxylic acids is 1. The summed E-state index contributed by atoms with van der Waals surface area (Å²) in [6.07, 6.45) is 6.71. The van der Waals surface area contributed by atoms with Crippen LogP contribution in [-0.2, 0) is 11.3 Å². The Hall–Kier alpha value is -2.30. The topological polar surface area (TPSA) is 56.1 Å². The van der Waals surface area contributed by atoms with Crippen molar-refractivity contribution in [2.45, 2.75) is 33.2 Å². The molecule has 1 amide bonds. The molecule has 0 saturated carbocycles. The zero-order valence-electron chi connectivity index (χ0n) is 13.2. The molecule has 0 spiro atoms. The van der Waals surface area contributed by atoms with Gasteiger partial charge in [-0.1, -0.05) is 12.1 Å². The molecule has 118 valence electrons. The van der Waals surface area contributed by atoms with Crippen LogP contribution in [-0.4, -0.2) is 28.6 Å². The second kappa shape index (κ2) is 8.22. The van der Waals surface area contributed by atoms with Gasteiger partial charge in [0, 0.05) is 25.5 Å². The van der Waals surface area contributed by atoms with Crippen molar-refractivity contribution in [3.05, 3.63) is 48.0 Å². The average Bonchev–Trinajstić information content (AvgIpc) is 3.01. The summed E-state index contributed by atoms with van der Waals surface area (Å²) in [7, 11) is 0. The average molecular weight is 301 g/mol. The summed E-state index contributed by atoms with van der Waals surface area (Å²) in [4.78, 5) is 15.7. The van der Waals surface area contributed by atoms with Crippen molar-refractivity contribution >= 4 is 5.91 Å². The number of ether oxygens (including phenoxy) is 1. The van der Waals surface area contributed by atoms with E-state index in [2.05, 4.69) is 23.3 Å². The van der Waals surface area contributed by atoms with E-state index in [0.29, 0.717) is 19.6 Å². The fourth-order valence-electron chi connectivity index (χ4n) is 2.13. The van der Waals surface area contributed by atoms with Crippen molar-refractivity contribution in [3.63, 3.8) is 0 Å². The molecule has 0 aliphatic carbocycles. The Morgan fingerprint density at radius 1 is 1.36 bits per heavy atom. The van der Waals surface area contributed by atoms with Gasteiger partial charge in [0.1, 0.15) is 5.75 Å². The first-order valence-electron chi connectivity index (χ1n) is 7.58. The molecule has 1 N–H and O–H groups in total. The predicted octanol–water partition coefficient (Wildman–Crippen LogP) is 2.48. The number of nitrogens with zero attached hydrogens (tertiary/aromatic N) is 2. The largest absolute Gasteiger partial charge is 0.493 e. The van der Waals surface area contributed by atoms with Crippen LogP contribution in [0.5, 0.6) is 5.75 Å². The van der Waals surface area contributed by atoms with Crippen LogP contribution in [0.3, 0.4) is 0 Å². The van der Waals surface area contributed by atoms with E-state index in [-0.39, 0.29) is 5.91 Å². The van der Waals surface area contributed by atoms with Crippen molar-refractivity contribution in [3.8, 4) is 5.75 Å². The van der Waals surface area contributed by atoms with Crippen molar-refractivity contribution in [2.24, 2.45) is 0 Å². The molecule has 22 heavy (non-hydrogen) atoms. The van der Waals surface area contributed by atoms with E-state index in [1.807, 2.05) is 29.8 Å². The first-order chi connectivity index (χ1) is 10.7. The lowest BCUT2D eigenvalue weighted by atomic mass is 10.1. The van der Waals surface area contributed by atoms with Crippen LogP contribution in [0.15, 0.2) is 36.9 Å². The number of hydrogen-bond donors (Lipinski definition) is 1. The molecule has 2 aromatic rings. The van der Waals surface area contributed by atoms with Crippen LogP contribution in [0.4, 0.5) is 0 Å². The third-order valence-corrected chi connectivity index (χ3v) is 3.62. The number of nitrogens with one attached hydrogen (secondary N) is 1. The van der Waals surface area contributed by atoms with Crippen molar-refractivity contribution in [2.75, 3.05) is 13.2 Å². The van der Waals surface area contributed by atoms with Gasteiger partial charge in [0.2, 0.25) is 5.91 Å². The van der Waals surface area contributed by atoms with E-state index < -0.39 is 0 Å². The maximum Gasteiger partial charge on any atom is 0.223 e. The predicted molar refractivity (Wildman–Crippen MR) is 85.9 cm³/mol. The zero-order valence-corrected chi connectivity index (χ0v) is 13.2. The number of rotatable bonds is 8. The highest BCUT2D eigenvalue weighted by molar-refractivity contribution is 5.75. The van der Waals surface area contributed by atoms with E-state index in [9.17, 15) is 4.79 Å². The minimum atomic E-state index is 0.0240. The van der Waals surface area contributed by atoms with E-state index >= 15 is 0 Å². The number of carbonyl (C=O) groups is 1. The quantitative estimate of drug-likeness (QED) is 0.762. The van der Waals surface area contributed by atoms with Gasteiger partial charge in [-0.2, -0.15) is 0 Å². The summed E-state index contributed by atoms with van der Waals surface area (Å²) in [6.45, 7) is 6.01. The van der Waals surface area contributed by atoms with Gasteiger partial charge in [-0.15, -0.1) is 0 Å². The fourth-order valence-corrected chi connectivity index (χ4v) is 2.13. The van der Waals surface area contributed by atoms with E-state index in [0.717, 1.165) is 24.3 Å². The number of hydrogen-bond acceptors (Lipinski definition) is 3. The molecule has 0 aliphatic heterocycles. The Morgan fingerprint density at radius 2 is 2.23 bits per heavy atom. The molecule has 5 nitrogen and oxygen atoms in total. The Morgan fingerprint density at radius 3 is 3.00 bits per heavy atom. The molecule has 0 fully saturated rings. The second-order valence-electron chi connectivity index (χ2n) is 5.30. The first kappa shape index (κ1) is 16.1. The standard InChI is InChI=1S/C17H23N3O2/c1-14-5-3-6-16(15(14)2)22-12-7-17(21)19-8-4-10-20-11-9-18-13-20/h3,5-6,9,11,13H,4,7-8,10,12H2,1-2H3,(H,19,21). The first-order valence-corrected chi connectivity index (χ1v) is 7.58. The van der Waals surface area contributed by atoms with Gasteiger partial charge in [-0.3, -0.25) is 4.79 Å². The van der Waals surface area contributed by atoms with Crippen molar-refractivity contribution < 1.29 is 9.53 Å². The molecule has 0 radical (unpaired) electrons. The highest BCUT2D eigenvalue weighted by Gasteiger charge is 2.04. The third-order valence-electron chi connectivity index (χ3n) is 3.62. The lowest BCUT2D eigenvalue weighted by molar-refractivity contribution is -0.121. The number of aryl methyl sites for hydroxylation is 2. The van der Waals surface area contributed by atoms with Gasteiger partial charge in [-0.25, -0.2) is 4.98 Å². The summed E-state index contributed by atoms with van der Waals surface area (Å²) in [5.41, 5.74) is 2.32. The Labute approximate surface area is 131 Å². The molecule has 0 atom stereocenters. The van der Waals surface area contributed by atoms with Crippen LogP contribution in [0, 0.1) is 13.8 Å². The molecular formula is C17H23N3O2. The van der Waals surface area contributed by atoms with Gasteiger partial charge < -0.3 is 14.6 Å². The summed E-state index contributed by atoms with van der Waals surface area (Å²) in [5, 5.41) is 2.90. The SMILES string of the molecule is Cc1cccc(OCCC(=O)NCCCn2ccnc2)c1C. The normalized spacial score (nSPS) is 10.5.